The largest absolute Gasteiger partial charge is 0.469 e. The summed E-state index contributed by atoms with van der Waals surface area (Å²) < 4.78 is 4.80. The third-order valence-corrected chi connectivity index (χ3v) is 4.83. The van der Waals surface area contributed by atoms with E-state index in [2.05, 4.69) is 36.4 Å². The predicted molar refractivity (Wildman–Crippen MR) is 92.0 cm³/mol. The van der Waals surface area contributed by atoms with E-state index in [0.717, 1.165) is 6.42 Å². The molecule has 3 atom stereocenters. The van der Waals surface area contributed by atoms with E-state index in [0.29, 0.717) is 12.3 Å². The molecule has 3 nitrogen and oxygen atoms in total. The van der Waals surface area contributed by atoms with Crippen LogP contribution in [0.4, 0.5) is 0 Å². The Morgan fingerprint density at radius 1 is 1.17 bits per heavy atom. The van der Waals surface area contributed by atoms with Gasteiger partial charge in [-0.15, -0.1) is 0 Å². The van der Waals surface area contributed by atoms with Crippen molar-refractivity contribution in [1.82, 2.24) is 0 Å². The van der Waals surface area contributed by atoms with Crippen LogP contribution in [0.3, 0.4) is 0 Å². The number of methoxy groups -OCH3 is 1. The number of ether oxygens (including phenoxy) is 1. The van der Waals surface area contributed by atoms with E-state index < -0.39 is 0 Å². The minimum absolute atomic E-state index is 0.154. The van der Waals surface area contributed by atoms with Crippen LogP contribution in [0.5, 0.6) is 0 Å². The Labute approximate surface area is 137 Å². The SMILES string of the molecule is COC(=O)[C@@H](C)CC1(N)CC1c1ccc(-c2ccccc2)cc1. The molecule has 0 saturated heterocycles. The van der Waals surface area contributed by atoms with Crippen LogP contribution in [0.1, 0.15) is 31.2 Å². The van der Waals surface area contributed by atoms with Crippen molar-refractivity contribution in [3.8, 4) is 11.1 Å². The first kappa shape index (κ1) is 15.8. The first-order valence-electron chi connectivity index (χ1n) is 8.05. The highest BCUT2D eigenvalue weighted by molar-refractivity contribution is 5.72. The minimum atomic E-state index is -0.276. The summed E-state index contributed by atoms with van der Waals surface area (Å²) in [6, 6.07) is 18.9. The molecule has 2 aromatic carbocycles. The summed E-state index contributed by atoms with van der Waals surface area (Å²) in [6.45, 7) is 1.88. The van der Waals surface area contributed by atoms with Gasteiger partial charge in [-0.25, -0.2) is 0 Å². The van der Waals surface area contributed by atoms with Crippen LogP contribution in [-0.4, -0.2) is 18.6 Å². The van der Waals surface area contributed by atoms with Gasteiger partial charge in [-0.2, -0.15) is 0 Å². The molecule has 2 aromatic rings. The third kappa shape index (κ3) is 3.30. The second kappa shape index (κ2) is 6.17. The summed E-state index contributed by atoms with van der Waals surface area (Å²) in [5.41, 5.74) is 9.86. The fourth-order valence-electron chi connectivity index (χ4n) is 3.39. The molecule has 1 aliphatic carbocycles. The zero-order valence-corrected chi connectivity index (χ0v) is 13.7. The van der Waals surface area contributed by atoms with Crippen LogP contribution in [-0.2, 0) is 9.53 Å². The number of rotatable bonds is 5. The predicted octanol–water partition coefficient (Wildman–Crippen LogP) is 3.74. The van der Waals surface area contributed by atoms with Crippen LogP contribution in [0.25, 0.3) is 11.1 Å². The highest BCUT2D eigenvalue weighted by atomic mass is 16.5. The summed E-state index contributed by atoms with van der Waals surface area (Å²) in [4.78, 5) is 11.6. The molecule has 23 heavy (non-hydrogen) atoms. The topological polar surface area (TPSA) is 52.3 Å². The first-order chi connectivity index (χ1) is 11.0. The van der Waals surface area contributed by atoms with Gasteiger partial charge in [-0.3, -0.25) is 4.79 Å². The van der Waals surface area contributed by atoms with Crippen molar-refractivity contribution in [3.05, 3.63) is 60.2 Å². The smallest absolute Gasteiger partial charge is 0.308 e. The average Bonchev–Trinajstić information content (AvgIpc) is 3.26. The number of hydrogen-bond donors (Lipinski definition) is 1. The Balaban J connectivity index is 1.69. The fraction of sp³-hybridized carbons (Fsp3) is 0.350. The van der Waals surface area contributed by atoms with Gasteiger partial charge in [0.05, 0.1) is 13.0 Å². The summed E-state index contributed by atoms with van der Waals surface area (Å²) in [6.07, 6.45) is 1.60. The first-order valence-corrected chi connectivity index (χ1v) is 8.05. The lowest BCUT2D eigenvalue weighted by molar-refractivity contribution is -0.145. The maximum atomic E-state index is 11.6. The van der Waals surface area contributed by atoms with Crippen molar-refractivity contribution >= 4 is 5.97 Å². The molecule has 0 spiro atoms. The molecule has 1 saturated carbocycles. The molecule has 0 radical (unpaired) electrons. The van der Waals surface area contributed by atoms with Crippen LogP contribution in [0, 0.1) is 5.92 Å². The number of benzene rings is 2. The van der Waals surface area contributed by atoms with Crippen LogP contribution < -0.4 is 5.73 Å². The number of carbonyl (C=O) groups is 1. The second-order valence-corrected chi connectivity index (χ2v) is 6.61. The van der Waals surface area contributed by atoms with E-state index in [9.17, 15) is 4.79 Å². The molecule has 2 N–H and O–H groups in total. The molecule has 0 bridgehead atoms. The number of nitrogens with two attached hydrogens (primary N) is 1. The minimum Gasteiger partial charge on any atom is -0.469 e. The lowest BCUT2D eigenvalue weighted by Crippen LogP contribution is -2.30. The van der Waals surface area contributed by atoms with Crippen molar-refractivity contribution < 1.29 is 9.53 Å². The van der Waals surface area contributed by atoms with Crippen LogP contribution >= 0.6 is 0 Å². The highest BCUT2D eigenvalue weighted by Crippen LogP contribution is 2.53. The summed E-state index contributed by atoms with van der Waals surface area (Å²) in [7, 11) is 1.43. The molecule has 0 aliphatic heterocycles. The van der Waals surface area contributed by atoms with Crippen molar-refractivity contribution in [3.63, 3.8) is 0 Å². The molecule has 0 aromatic heterocycles. The zero-order chi connectivity index (χ0) is 16.4. The molecule has 1 fully saturated rings. The third-order valence-electron chi connectivity index (χ3n) is 4.83. The van der Waals surface area contributed by atoms with Gasteiger partial charge in [-0.05, 0) is 29.5 Å². The quantitative estimate of drug-likeness (QED) is 0.856. The molecule has 2 unspecified atom stereocenters. The van der Waals surface area contributed by atoms with E-state index >= 15 is 0 Å². The van der Waals surface area contributed by atoms with Gasteiger partial charge in [0.15, 0.2) is 0 Å². The van der Waals surface area contributed by atoms with E-state index in [1.54, 1.807) is 0 Å². The average molecular weight is 309 g/mol. The van der Waals surface area contributed by atoms with Gasteiger partial charge in [0, 0.05) is 11.5 Å². The van der Waals surface area contributed by atoms with Gasteiger partial charge in [0.1, 0.15) is 0 Å². The molecular formula is C20H23NO2. The van der Waals surface area contributed by atoms with Gasteiger partial charge in [0.25, 0.3) is 0 Å². The monoisotopic (exact) mass is 309 g/mol. The molecule has 120 valence electrons. The van der Waals surface area contributed by atoms with Crippen LogP contribution in [0.2, 0.25) is 0 Å². The Morgan fingerprint density at radius 2 is 1.78 bits per heavy atom. The molecule has 1 aliphatic rings. The van der Waals surface area contributed by atoms with Gasteiger partial charge >= 0.3 is 5.97 Å². The molecule has 0 amide bonds. The fourth-order valence-corrected chi connectivity index (χ4v) is 3.39. The Bertz CT molecular complexity index is 681. The molecular weight excluding hydrogens is 286 g/mol. The van der Waals surface area contributed by atoms with Crippen molar-refractivity contribution in [2.24, 2.45) is 11.7 Å². The Hall–Kier alpha value is -2.13. The van der Waals surface area contributed by atoms with E-state index in [1.807, 2.05) is 25.1 Å². The Morgan fingerprint density at radius 3 is 2.39 bits per heavy atom. The van der Waals surface area contributed by atoms with E-state index in [4.69, 9.17) is 10.5 Å². The van der Waals surface area contributed by atoms with Crippen molar-refractivity contribution in [2.45, 2.75) is 31.2 Å². The Kier molecular flexibility index (Phi) is 4.22. The molecule has 3 heteroatoms. The molecule has 3 rings (SSSR count). The number of carbonyl (C=O) groups excluding carboxylic acids is 1. The lowest BCUT2D eigenvalue weighted by atomic mass is 9.95. The van der Waals surface area contributed by atoms with E-state index in [-0.39, 0.29) is 17.4 Å². The standard InChI is InChI=1S/C20H23NO2/c1-14(19(22)23-2)12-20(21)13-18(20)17-10-8-16(9-11-17)15-6-4-3-5-7-15/h3-11,14,18H,12-13,21H2,1-2H3/t14-,18?,20?/m0/s1. The normalized spacial score (nSPS) is 24.0. The van der Waals surface area contributed by atoms with Gasteiger partial charge in [0.2, 0.25) is 0 Å². The highest BCUT2D eigenvalue weighted by Gasteiger charge is 2.52. The number of esters is 1. The lowest BCUT2D eigenvalue weighted by Gasteiger charge is -2.16. The second-order valence-electron chi connectivity index (χ2n) is 6.61. The van der Waals surface area contributed by atoms with Crippen molar-refractivity contribution in [1.29, 1.82) is 0 Å². The number of hydrogen-bond acceptors (Lipinski definition) is 3. The summed E-state index contributed by atoms with van der Waals surface area (Å²) >= 11 is 0. The van der Waals surface area contributed by atoms with Gasteiger partial charge < -0.3 is 10.5 Å². The zero-order valence-electron chi connectivity index (χ0n) is 13.7. The maximum absolute atomic E-state index is 11.6. The molecule has 0 heterocycles. The van der Waals surface area contributed by atoms with E-state index in [1.165, 1.54) is 23.8 Å². The van der Waals surface area contributed by atoms with Crippen LogP contribution in [0.15, 0.2) is 54.6 Å². The summed E-state index contributed by atoms with van der Waals surface area (Å²) in [5, 5.41) is 0. The van der Waals surface area contributed by atoms with Gasteiger partial charge in [-0.1, -0.05) is 61.5 Å². The maximum Gasteiger partial charge on any atom is 0.308 e. The van der Waals surface area contributed by atoms with Crippen molar-refractivity contribution in [2.75, 3.05) is 7.11 Å². The summed E-state index contributed by atoms with van der Waals surface area (Å²) in [5.74, 6) is -0.00192.